The summed E-state index contributed by atoms with van der Waals surface area (Å²) in [6.07, 6.45) is 2.91. The highest BCUT2D eigenvalue weighted by Gasteiger charge is 2.14. The molecule has 108 valence electrons. The summed E-state index contributed by atoms with van der Waals surface area (Å²) < 4.78 is 0. The van der Waals surface area contributed by atoms with Crippen LogP contribution in [0.25, 0.3) is 11.1 Å². The zero-order valence-electron chi connectivity index (χ0n) is 12.7. The lowest BCUT2D eigenvalue weighted by Crippen LogP contribution is -2.24. The largest absolute Gasteiger partial charge is 0.374 e. The van der Waals surface area contributed by atoms with Crippen molar-refractivity contribution in [2.45, 2.75) is 26.2 Å². The maximum Gasteiger partial charge on any atom is 0.134 e. The second-order valence-corrected chi connectivity index (χ2v) is 5.94. The summed E-state index contributed by atoms with van der Waals surface area (Å²) in [5.41, 5.74) is 6.37. The molecular formula is C19H21NO. The SMILES string of the molecule is CC(=O)Cc1ccc(-c2ccc3c(c2)CCCN3C)cc1. The lowest BCUT2D eigenvalue weighted by molar-refractivity contribution is -0.116. The van der Waals surface area contributed by atoms with Crippen LogP contribution >= 0.6 is 0 Å². The Hall–Kier alpha value is -2.09. The highest BCUT2D eigenvalue weighted by atomic mass is 16.1. The van der Waals surface area contributed by atoms with Crippen molar-refractivity contribution < 1.29 is 4.79 Å². The van der Waals surface area contributed by atoms with E-state index < -0.39 is 0 Å². The molecule has 0 saturated carbocycles. The van der Waals surface area contributed by atoms with E-state index in [4.69, 9.17) is 0 Å². The Balaban J connectivity index is 1.88. The molecule has 2 aromatic rings. The van der Waals surface area contributed by atoms with Gasteiger partial charge in [0.1, 0.15) is 5.78 Å². The topological polar surface area (TPSA) is 20.3 Å². The fourth-order valence-corrected chi connectivity index (χ4v) is 3.07. The average Bonchev–Trinajstić information content (AvgIpc) is 2.47. The molecule has 0 unspecified atom stereocenters. The predicted octanol–water partition coefficient (Wildman–Crippen LogP) is 3.87. The van der Waals surface area contributed by atoms with Gasteiger partial charge in [0.15, 0.2) is 0 Å². The van der Waals surface area contributed by atoms with Crippen LogP contribution in [0.3, 0.4) is 0 Å². The number of carbonyl (C=O) groups excluding carboxylic acids is 1. The maximum absolute atomic E-state index is 11.2. The third-order valence-corrected chi connectivity index (χ3v) is 4.17. The molecule has 21 heavy (non-hydrogen) atoms. The minimum Gasteiger partial charge on any atom is -0.374 e. The first-order valence-corrected chi connectivity index (χ1v) is 7.56. The molecular weight excluding hydrogens is 258 g/mol. The van der Waals surface area contributed by atoms with Gasteiger partial charge in [-0.2, -0.15) is 0 Å². The molecule has 2 heteroatoms. The number of ketones is 1. The number of rotatable bonds is 3. The summed E-state index contributed by atoms with van der Waals surface area (Å²) in [4.78, 5) is 13.5. The zero-order valence-corrected chi connectivity index (χ0v) is 12.7. The third kappa shape index (κ3) is 2.99. The fourth-order valence-electron chi connectivity index (χ4n) is 3.07. The van der Waals surface area contributed by atoms with Crippen LogP contribution in [0.5, 0.6) is 0 Å². The molecule has 0 atom stereocenters. The zero-order chi connectivity index (χ0) is 14.8. The van der Waals surface area contributed by atoms with Gasteiger partial charge in [-0.1, -0.05) is 30.3 Å². The fraction of sp³-hybridized carbons (Fsp3) is 0.316. The first-order valence-electron chi connectivity index (χ1n) is 7.56. The van der Waals surface area contributed by atoms with Crippen LogP contribution in [0.1, 0.15) is 24.5 Å². The van der Waals surface area contributed by atoms with Crippen LogP contribution in [-0.2, 0) is 17.6 Å². The Kier molecular flexibility index (Phi) is 3.78. The molecule has 2 nitrogen and oxygen atoms in total. The van der Waals surface area contributed by atoms with Crippen molar-refractivity contribution >= 4 is 11.5 Å². The van der Waals surface area contributed by atoms with E-state index in [-0.39, 0.29) is 5.78 Å². The monoisotopic (exact) mass is 279 g/mol. The highest BCUT2D eigenvalue weighted by Crippen LogP contribution is 2.30. The maximum atomic E-state index is 11.2. The van der Waals surface area contributed by atoms with E-state index in [1.165, 1.54) is 28.8 Å². The van der Waals surface area contributed by atoms with E-state index in [2.05, 4.69) is 54.4 Å². The number of fused-ring (bicyclic) bond motifs is 1. The lowest BCUT2D eigenvalue weighted by Gasteiger charge is -2.27. The van der Waals surface area contributed by atoms with Crippen molar-refractivity contribution in [2.24, 2.45) is 0 Å². The number of hydrogen-bond donors (Lipinski definition) is 0. The van der Waals surface area contributed by atoms with Crippen LogP contribution in [0.2, 0.25) is 0 Å². The number of aryl methyl sites for hydroxylation is 1. The van der Waals surface area contributed by atoms with E-state index >= 15 is 0 Å². The molecule has 2 aromatic carbocycles. The Bertz CT molecular complexity index is 658. The van der Waals surface area contributed by atoms with E-state index in [0.717, 1.165) is 18.5 Å². The molecule has 0 aliphatic carbocycles. The van der Waals surface area contributed by atoms with E-state index in [1.807, 2.05) is 0 Å². The summed E-state index contributed by atoms with van der Waals surface area (Å²) in [7, 11) is 2.16. The van der Waals surface area contributed by atoms with Crippen LogP contribution in [0.15, 0.2) is 42.5 Å². The Morgan fingerprint density at radius 1 is 1.10 bits per heavy atom. The number of anilines is 1. The predicted molar refractivity (Wildman–Crippen MR) is 87.9 cm³/mol. The summed E-state index contributed by atoms with van der Waals surface area (Å²) in [6.45, 7) is 2.78. The molecule has 0 saturated heterocycles. The standard InChI is InChI=1S/C19H21NO/c1-14(21)12-15-5-7-16(8-6-15)17-9-10-19-18(13-17)4-3-11-20(19)2/h5-10,13H,3-4,11-12H2,1-2H3. The van der Waals surface area contributed by atoms with Crippen molar-refractivity contribution in [3.8, 4) is 11.1 Å². The lowest BCUT2D eigenvalue weighted by atomic mass is 9.95. The second kappa shape index (κ2) is 5.72. The van der Waals surface area contributed by atoms with E-state index in [1.54, 1.807) is 6.92 Å². The van der Waals surface area contributed by atoms with Crippen molar-refractivity contribution in [3.05, 3.63) is 53.6 Å². The third-order valence-electron chi connectivity index (χ3n) is 4.17. The minimum atomic E-state index is 0.208. The van der Waals surface area contributed by atoms with Gasteiger partial charge in [0.2, 0.25) is 0 Å². The van der Waals surface area contributed by atoms with Crippen molar-refractivity contribution in [2.75, 3.05) is 18.5 Å². The number of hydrogen-bond acceptors (Lipinski definition) is 2. The summed E-state index contributed by atoms with van der Waals surface area (Å²) in [5.74, 6) is 0.208. The number of benzene rings is 2. The normalized spacial score (nSPS) is 13.9. The van der Waals surface area contributed by atoms with Gasteiger partial charge in [-0.05, 0) is 54.2 Å². The van der Waals surface area contributed by atoms with Gasteiger partial charge in [0.05, 0.1) is 0 Å². The molecule has 0 aromatic heterocycles. The molecule has 1 heterocycles. The van der Waals surface area contributed by atoms with E-state index in [9.17, 15) is 4.79 Å². The number of carbonyl (C=O) groups is 1. The van der Waals surface area contributed by atoms with Gasteiger partial charge in [0, 0.05) is 25.7 Å². The van der Waals surface area contributed by atoms with E-state index in [0.29, 0.717) is 6.42 Å². The van der Waals surface area contributed by atoms with Crippen LogP contribution in [0.4, 0.5) is 5.69 Å². The molecule has 1 aliphatic rings. The molecule has 0 N–H and O–H groups in total. The average molecular weight is 279 g/mol. The van der Waals surface area contributed by atoms with Crippen LogP contribution < -0.4 is 4.90 Å². The molecule has 3 rings (SSSR count). The summed E-state index contributed by atoms with van der Waals surface area (Å²) in [6, 6.07) is 15.1. The van der Waals surface area contributed by atoms with Crippen molar-refractivity contribution in [1.29, 1.82) is 0 Å². The molecule has 0 bridgehead atoms. The Labute approximate surface area is 126 Å². The molecule has 0 spiro atoms. The van der Waals surface area contributed by atoms with Crippen LogP contribution in [0, 0.1) is 0 Å². The van der Waals surface area contributed by atoms with Crippen LogP contribution in [-0.4, -0.2) is 19.4 Å². The Morgan fingerprint density at radius 3 is 2.52 bits per heavy atom. The van der Waals surface area contributed by atoms with Gasteiger partial charge in [-0.15, -0.1) is 0 Å². The van der Waals surface area contributed by atoms with Gasteiger partial charge in [0.25, 0.3) is 0 Å². The van der Waals surface area contributed by atoms with Crippen molar-refractivity contribution in [1.82, 2.24) is 0 Å². The number of nitrogens with zero attached hydrogens (tertiary/aromatic N) is 1. The highest BCUT2D eigenvalue weighted by molar-refractivity contribution is 5.78. The summed E-state index contributed by atoms with van der Waals surface area (Å²) in [5, 5.41) is 0. The van der Waals surface area contributed by atoms with Gasteiger partial charge in [-0.25, -0.2) is 0 Å². The molecule has 0 radical (unpaired) electrons. The minimum absolute atomic E-state index is 0.208. The van der Waals surface area contributed by atoms with Gasteiger partial charge >= 0.3 is 0 Å². The van der Waals surface area contributed by atoms with Crippen molar-refractivity contribution in [3.63, 3.8) is 0 Å². The first-order chi connectivity index (χ1) is 10.1. The second-order valence-electron chi connectivity index (χ2n) is 5.94. The van der Waals surface area contributed by atoms with Gasteiger partial charge in [-0.3, -0.25) is 4.79 Å². The summed E-state index contributed by atoms with van der Waals surface area (Å²) >= 11 is 0. The quantitative estimate of drug-likeness (QED) is 0.850. The van der Waals surface area contributed by atoms with Gasteiger partial charge < -0.3 is 4.90 Å². The number of Topliss-reactive ketones (excluding diaryl/α,β-unsaturated/α-hetero) is 1. The molecule has 1 aliphatic heterocycles. The smallest absolute Gasteiger partial charge is 0.134 e. The molecule has 0 amide bonds. The Morgan fingerprint density at radius 2 is 1.81 bits per heavy atom. The first kappa shape index (κ1) is 13.9. The molecule has 0 fully saturated rings.